The summed E-state index contributed by atoms with van der Waals surface area (Å²) < 4.78 is 7.22. The Morgan fingerprint density at radius 3 is 2.65 bits per heavy atom. The van der Waals surface area contributed by atoms with E-state index >= 15 is 0 Å². The number of ether oxygens (including phenoxy) is 1. The quantitative estimate of drug-likeness (QED) is 0.882. The summed E-state index contributed by atoms with van der Waals surface area (Å²) in [5.74, 6) is 0.772. The van der Waals surface area contributed by atoms with Gasteiger partial charge in [0.2, 0.25) is 0 Å². The van der Waals surface area contributed by atoms with Gasteiger partial charge in [-0.3, -0.25) is 4.68 Å². The van der Waals surface area contributed by atoms with Gasteiger partial charge >= 0.3 is 0 Å². The van der Waals surface area contributed by atoms with Crippen molar-refractivity contribution in [1.82, 2.24) is 9.78 Å². The Balaban J connectivity index is 2.43. The molecule has 2 aromatic rings. The van der Waals surface area contributed by atoms with Crippen LogP contribution >= 0.6 is 23.8 Å². The monoisotopic (exact) mass is 309 g/mol. The van der Waals surface area contributed by atoms with E-state index in [9.17, 15) is 0 Å². The molecule has 0 saturated heterocycles. The number of aryl methyl sites for hydroxylation is 1. The molecule has 0 aliphatic rings. The van der Waals surface area contributed by atoms with Gasteiger partial charge in [-0.2, -0.15) is 5.10 Å². The molecule has 0 bridgehead atoms. The van der Waals surface area contributed by atoms with Crippen LogP contribution < -0.4 is 10.5 Å². The smallest absolute Gasteiger partial charge is 0.123 e. The van der Waals surface area contributed by atoms with E-state index < -0.39 is 0 Å². The van der Waals surface area contributed by atoms with Crippen molar-refractivity contribution >= 4 is 28.8 Å². The Labute approximate surface area is 128 Å². The van der Waals surface area contributed by atoms with E-state index in [1.807, 2.05) is 36.7 Å². The molecule has 0 aliphatic carbocycles. The fraction of sp³-hybridized carbons (Fsp3) is 0.286. The van der Waals surface area contributed by atoms with Crippen molar-refractivity contribution < 1.29 is 4.74 Å². The van der Waals surface area contributed by atoms with Gasteiger partial charge in [0.05, 0.1) is 30.1 Å². The molecule has 0 spiro atoms. The molecule has 6 heteroatoms. The van der Waals surface area contributed by atoms with Gasteiger partial charge in [0.15, 0.2) is 0 Å². The molecule has 0 fully saturated rings. The summed E-state index contributed by atoms with van der Waals surface area (Å²) >= 11 is 11.2. The number of hydrogen-bond donors (Lipinski definition) is 1. The van der Waals surface area contributed by atoms with Crippen LogP contribution in [0.4, 0.5) is 0 Å². The Morgan fingerprint density at radius 2 is 2.15 bits per heavy atom. The third-order valence-corrected chi connectivity index (χ3v) is 3.96. The molecule has 0 radical (unpaired) electrons. The number of nitrogens with zero attached hydrogens (tertiary/aromatic N) is 2. The summed E-state index contributed by atoms with van der Waals surface area (Å²) in [6.45, 7) is 4.37. The summed E-state index contributed by atoms with van der Waals surface area (Å²) in [4.78, 5) is 0.361. The minimum Gasteiger partial charge on any atom is -0.496 e. The highest BCUT2D eigenvalue weighted by molar-refractivity contribution is 7.80. The van der Waals surface area contributed by atoms with Crippen LogP contribution in [0.2, 0.25) is 5.02 Å². The van der Waals surface area contributed by atoms with Crippen molar-refractivity contribution in [3.63, 3.8) is 0 Å². The Kier molecular flexibility index (Phi) is 4.30. The number of nitrogens with two attached hydrogens (primary N) is 1. The van der Waals surface area contributed by atoms with Crippen LogP contribution in [0.5, 0.6) is 5.75 Å². The lowest BCUT2D eigenvalue weighted by Gasteiger charge is -2.11. The Morgan fingerprint density at radius 1 is 1.45 bits per heavy atom. The summed E-state index contributed by atoms with van der Waals surface area (Å²) in [6, 6.07) is 5.63. The Hall–Kier alpha value is -1.59. The zero-order valence-corrected chi connectivity index (χ0v) is 13.2. The second kappa shape index (κ2) is 5.81. The number of hydrogen-bond acceptors (Lipinski definition) is 3. The number of methoxy groups -OCH3 is 1. The second-order valence-corrected chi connectivity index (χ2v) is 5.35. The summed E-state index contributed by atoms with van der Waals surface area (Å²) in [7, 11) is 1.63. The number of rotatable bonds is 4. The molecule has 1 aromatic carbocycles. The molecular weight excluding hydrogens is 294 g/mol. The van der Waals surface area contributed by atoms with Crippen molar-refractivity contribution in [2.24, 2.45) is 5.73 Å². The second-order valence-electron chi connectivity index (χ2n) is 4.53. The highest BCUT2D eigenvalue weighted by Crippen LogP contribution is 2.24. The average Bonchev–Trinajstić information content (AvgIpc) is 2.66. The maximum Gasteiger partial charge on any atom is 0.123 e. The largest absolute Gasteiger partial charge is 0.496 e. The molecule has 106 valence electrons. The van der Waals surface area contributed by atoms with Gasteiger partial charge in [-0.25, -0.2) is 0 Å². The SMILES string of the molecule is COc1ccc(C(N)=S)cc1Cn1nc(C)c(Cl)c1C. The van der Waals surface area contributed by atoms with Crippen molar-refractivity contribution in [3.8, 4) is 5.75 Å². The first-order valence-electron chi connectivity index (χ1n) is 6.10. The minimum absolute atomic E-state index is 0.361. The van der Waals surface area contributed by atoms with E-state index in [1.165, 1.54) is 0 Å². The highest BCUT2D eigenvalue weighted by Gasteiger charge is 2.12. The van der Waals surface area contributed by atoms with E-state index in [0.717, 1.165) is 28.3 Å². The zero-order chi connectivity index (χ0) is 14.9. The molecule has 0 atom stereocenters. The maximum absolute atomic E-state index is 6.16. The van der Waals surface area contributed by atoms with Gasteiger partial charge in [0, 0.05) is 11.1 Å². The minimum atomic E-state index is 0.361. The first-order valence-corrected chi connectivity index (χ1v) is 6.89. The molecule has 0 saturated carbocycles. The van der Waals surface area contributed by atoms with Crippen molar-refractivity contribution in [1.29, 1.82) is 0 Å². The van der Waals surface area contributed by atoms with E-state index in [-0.39, 0.29) is 0 Å². The number of halogens is 1. The Bertz CT molecular complexity index is 667. The number of thiocarbonyl (C=S) groups is 1. The van der Waals surface area contributed by atoms with Crippen LogP contribution in [0.15, 0.2) is 18.2 Å². The lowest BCUT2D eigenvalue weighted by atomic mass is 10.1. The lowest BCUT2D eigenvalue weighted by Crippen LogP contribution is -2.11. The molecule has 20 heavy (non-hydrogen) atoms. The zero-order valence-electron chi connectivity index (χ0n) is 11.6. The topological polar surface area (TPSA) is 53.1 Å². The van der Waals surface area contributed by atoms with Crippen molar-refractivity contribution in [2.45, 2.75) is 20.4 Å². The molecule has 1 heterocycles. The predicted octanol–water partition coefficient (Wildman–Crippen LogP) is 2.84. The van der Waals surface area contributed by atoms with Crippen LogP contribution in [0.3, 0.4) is 0 Å². The fourth-order valence-corrected chi connectivity index (χ4v) is 2.31. The first kappa shape index (κ1) is 14.8. The van der Waals surface area contributed by atoms with E-state index in [2.05, 4.69) is 5.10 Å². The average molecular weight is 310 g/mol. The maximum atomic E-state index is 6.16. The number of aromatic nitrogens is 2. The molecule has 2 rings (SSSR count). The fourth-order valence-electron chi connectivity index (χ4n) is 2.05. The van der Waals surface area contributed by atoms with Crippen LogP contribution in [-0.4, -0.2) is 21.9 Å². The standard InChI is InChI=1S/C14H16ClN3OS/c1-8-13(15)9(2)18(17-8)7-11-6-10(14(16)20)4-5-12(11)19-3/h4-6H,7H2,1-3H3,(H2,16,20). The molecular formula is C14H16ClN3OS. The number of benzene rings is 1. The summed E-state index contributed by atoms with van der Waals surface area (Å²) in [5, 5.41) is 5.11. The van der Waals surface area contributed by atoms with Gasteiger partial charge in [0.25, 0.3) is 0 Å². The molecule has 0 aliphatic heterocycles. The summed E-state index contributed by atoms with van der Waals surface area (Å²) in [5.41, 5.74) is 9.18. The van der Waals surface area contributed by atoms with Crippen LogP contribution in [0.1, 0.15) is 22.5 Å². The van der Waals surface area contributed by atoms with Gasteiger partial charge in [0.1, 0.15) is 10.7 Å². The third-order valence-electron chi connectivity index (χ3n) is 3.18. The van der Waals surface area contributed by atoms with E-state index in [0.29, 0.717) is 16.6 Å². The molecule has 0 unspecified atom stereocenters. The summed E-state index contributed by atoms with van der Waals surface area (Å²) in [6.07, 6.45) is 0. The van der Waals surface area contributed by atoms with Gasteiger partial charge in [-0.05, 0) is 32.0 Å². The highest BCUT2D eigenvalue weighted by atomic mass is 35.5. The molecule has 4 nitrogen and oxygen atoms in total. The van der Waals surface area contributed by atoms with Gasteiger partial charge in [-0.1, -0.05) is 23.8 Å². The van der Waals surface area contributed by atoms with Crippen LogP contribution in [-0.2, 0) is 6.54 Å². The van der Waals surface area contributed by atoms with Crippen molar-refractivity contribution in [2.75, 3.05) is 7.11 Å². The van der Waals surface area contributed by atoms with Crippen LogP contribution in [0, 0.1) is 13.8 Å². The normalized spacial score (nSPS) is 10.6. The van der Waals surface area contributed by atoms with Crippen molar-refractivity contribution in [3.05, 3.63) is 45.7 Å². The predicted molar refractivity (Wildman–Crippen MR) is 84.7 cm³/mol. The van der Waals surface area contributed by atoms with Gasteiger partial charge < -0.3 is 10.5 Å². The lowest BCUT2D eigenvalue weighted by molar-refractivity contribution is 0.407. The van der Waals surface area contributed by atoms with E-state index in [1.54, 1.807) is 7.11 Å². The molecule has 2 N–H and O–H groups in total. The van der Waals surface area contributed by atoms with Crippen LogP contribution in [0.25, 0.3) is 0 Å². The molecule has 1 aromatic heterocycles. The molecule has 0 amide bonds. The third kappa shape index (κ3) is 2.78. The van der Waals surface area contributed by atoms with E-state index in [4.69, 9.17) is 34.3 Å². The first-order chi connectivity index (χ1) is 9.43. The van der Waals surface area contributed by atoms with Gasteiger partial charge in [-0.15, -0.1) is 0 Å².